The molecular weight excluding hydrogens is 643 g/mol. The highest BCUT2D eigenvalue weighted by Gasteiger charge is 2.65. The number of nitrogens with zero attached hydrogens (tertiary/aromatic N) is 1. The van der Waals surface area contributed by atoms with Crippen LogP contribution in [0.5, 0.6) is 0 Å². The molecule has 7 unspecified atom stereocenters. The molecule has 17 rings (SSSR count). The lowest BCUT2D eigenvalue weighted by atomic mass is 9.56. The topological polar surface area (TPSA) is 17.6 Å². The van der Waals surface area contributed by atoms with E-state index in [4.69, 9.17) is 4.42 Å². The van der Waals surface area contributed by atoms with Gasteiger partial charge in [-0.15, -0.1) is 0 Å². The molecule has 2 heteroatoms. The van der Waals surface area contributed by atoms with E-state index in [1.165, 1.54) is 135 Å². The van der Waals surface area contributed by atoms with Crippen molar-refractivity contribution in [3.05, 3.63) is 101 Å². The average Bonchev–Trinajstić information content (AvgIpc) is 3.90. The van der Waals surface area contributed by atoms with E-state index >= 15 is 0 Å². The highest BCUT2D eigenvalue weighted by molar-refractivity contribution is 6.36. The zero-order valence-electron chi connectivity index (χ0n) is 30.1. The summed E-state index contributed by atoms with van der Waals surface area (Å²) in [5.41, 5.74) is 13.6. The second-order valence-corrected chi connectivity index (χ2v) is 19.8. The number of hydrogen-bond donors (Lipinski definition) is 0. The first-order valence-electron chi connectivity index (χ1n) is 21.1. The molecule has 9 aromatic rings. The molecule has 1 spiro atoms. The van der Waals surface area contributed by atoms with Crippen LogP contribution >= 0.6 is 0 Å². The van der Waals surface area contributed by atoms with E-state index in [0.717, 1.165) is 58.5 Å². The van der Waals surface area contributed by atoms with Gasteiger partial charge in [0, 0.05) is 32.3 Å². The van der Waals surface area contributed by atoms with Crippen molar-refractivity contribution >= 4 is 81.6 Å². The summed E-state index contributed by atoms with van der Waals surface area (Å²) in [6.45, 7) is 0. The lowest BCUT2D eigenvalue weighted by Crippen LogP contribution is -2.41. The fourth-order valence-electron chi connectivity index (χ4n) is 15.9. The summed E-state index contributed by atoms with van der Waals surface area (Å²) in [6.07, 6.45) is 14.4. The van der Waals surface area contributed by atoms with Crippen LogP contribution in [0, 0.1) is 29.1 Å². The molecule has 0 amide bonds. The summed E-state index contributed by atoms with van der Waals surface area (Å²) in [4.78, 5) is 0. The molecule has 0 aliphatic heterocycles. The van der Waals surface area contributed by atoms with E-state index in [1.54, 1.807) is 22.3 Å². The van der Waals surface area contributed by atoms with Crippen LogP contribution in [0.3, 0.4) is 0 Å². The van der Waals surface area contributed by atoms with Gasteiger partial charge in [-0.05, 0) is 197 Å². The van der Waals surface area contributed by atoms with Crippen molar-refractivity contribution in [2.24, 2.45) is 29.1 Å². The van der Waals surface area contributed by atoms with Gasteiger partial charge >= 0.3 is 0 Å². The smallest absolute Gasteiger partial charge is 0.136 e. The highest BCUT2D eigenvalue weighted by Crippen LogP contribution is 2.76. The summed E-state index contributed by atoms with van der Waals surface area (Å²) in [5, 5.41) is 13.7. The maximum atomic E-state index is 6.74. The molecule has 3 aromatic heterocycles. The molecule has 5 fully saturated rings. The molecule has 256 valence electrons. The van der Waals surface area contributed by atoms with Gasteiger partial charge < -0.3 is 8.82 Å². The van der Waals surface area contributed by atoms with Crippen LogP contribution in [0.1, 0.15) is 110 Å². The Balaban J connectivity index is 1.03. The summed E-state index contributed by atoms with van der Waals surface area (Å²) in [5.74, 6) is 6.93. The number of aromatic nitrogens is 1. The predicted octanol–water partition coefficient (Wildman–Crippen LogP) is 13.8. The van der Waals surface area contributed by atoms with Crippen molar-refractivity contribution in [2.75, 3.05) is 0 Å². The maximum absolute atomic E-state index is 6.74. The molecule has 8 aliphatic carbocycles. The van der Waals surface area contributed by atoms with Gasteiger partial charge in [-0.2, -0.15) is 0 Å². The van der Waals surface area contributed by atoms with Gasteiger partial charge in [0.15, 0.2) is 0 Å². The molecule has 7 atom stereocenters. The van der Waals surface area contributed by atoms with Crippen molar-refractivity contribution in [1.82, 2.24) is 4.40 Å². The molecule has 6 aromatic carbocycles. The van der Waals surface area contributed by atoms with Gasteiger partial charge in [0.25, 0.3) is 0 Å². The average molecular weight is 684 g/mol. The van der Waals surface area contributed by atoms with Crippen molar-refractivity contribution in [3.63, 3.8) is 0 Å². The van der Waals surface area contributed by atoms with E-state index in [1.807, 2.05) is 0 Å². The third-order valence-electron chi connectivity index (χ3n) is 17.7. The Hall–Kier alpha value is -4.56. The molecule has 2 nitrogen and oxygen atoms in total. The van der Waals surface area contributed by atoms with E-state index in [9.17, 15) is 0 Å². The highest BCUT2D eigenvalue weighted by atomic mass is 16.3. The Bertz CT molecular complexity index is 3200. The van der Waals surface area contributed by atoms with Crippen LogP contribution in [-0.2, 0) is 0 Å². The van der Waals surface area contributed by atoms with Crippen molar-refractivity contribution in [2.45, 2.75) is 87.9 Å². The fourth-order valence-corrected chi connectivity index (χ4v) is 15.9. The Morgan fingerprint density at radius 2 is 1.06 bits per heavy atom. The molecule has 7 bridgehead atoms. The lowest BCUT2D eigenvalue weighted by Gasteiger charge is -2.48. The number of para-hydroxylation sites is 1. The summed E-state index contributed by atoms with van der Waals surface area (Å²) < 4.78 is 9.41. The molecule has 0 saturated heterocycles. The monoisotopic (exact) mass is 683 g/mol. The van der Waals surface area contributed by atoms with Gasteiger partial charge in [0.2, 0.25) is 0 Å². The Kier molecular flexibility index (Phi) is 4.37. The van der Waals surface area contributed by atoms with Crippen LogP contribution in [0.4, 0.5) is 0 Å². The van der Waals surface area contributed by atoms with Gasteiger partial charge in [0.05, 0.1) is 16.6 Å². The third-order valence-corrected chi connectivity index (χ3v) is 17.7. The van der Waals surface area contributed by atoms with Crippen molar-refractivity contribution < 1.29 is 4.42 Å². The van der Waals surface area contributed by atoms with Crippen LogP contribution in [0.15, 0.2) is 83.3 Å². The van der Waals surface area contributed by atoms with Crippen LogP contribution in [0.25, 0.3) is 81.6 Å². The van der Waals surface area contributed by atoms with Gasteiger partial charge in [0.1, 0.15) is 11.2 Å². The van der Waals surface area contributed by atoms with Crippen LogP contribution in [-0.4, -0.2) is 4.40 Å². The van der Waals surface area contributed by atoms with Crippen LogP contribution in [0.2, 0.25) is 0 Å². The molecule has 0 radical (unpaired) electrons. The zero-order valence-corrected chi connectivity index (χ0v) is 30.1. The van der Waals surface area contributed by atoms with Crippen LogP contribution < -0.4 is 0 Å². The van der Waals surface area contributed by atoms with E-state index in [0.29, 0.717) is 5.41 Å². The molecular formula is C51H41NO. The standard InChI is InChI=1S/C51H41NO/c1-2-4-46-36(3-1)48-47(53-46)21-42-41-16-26-12-37-30-6-24-5-25(7-30)9-31(8-24)38(37)14-28(26)18-44(41)52-45-19-29-15-40-33-11-35-20-34-10-32(22-51(34,35)23-33)39(40)13-27(29)17-43(45)49(48)50(42)52/h1-4,12-19,21,24-25,30-35H,5-11,20,22-23H2. The first-order chi connectivity index (χ1) is 26.1. The number of benzene rings is 6. The second kappa shape index (κ2) is 8.54. The summed E-state index contributed by atoms with van der Waals surface area (Å²) in [6, 6.07) is 32.0. The molecule has 8 aliphatic rings. The largest absolute Gasteiger partial charge is 0.456 e. The lowest BCUT2D eigenvalue weighted by molar-refractivity contribution is 0.00322. The Morgan fingerprint density at radius 3 is 1.74 bits per heavy atom. The number of hydrogen-bond acceptors (Lipinski definition) is 1. The summed E-state index contributed by atoms with van der Waals surface area (Å²) >= 11 is 0. The van der Waals surface area contributed by atoms with Gasteiger partial charge in [-0.1, -0.05) is 42.5 Å². The molecule has 5 saturated carbocycles. The first kappa shape index (κ1) is 27.1. The van der Waals surface area contributed by atoms with Gasteiger partial charge in [-0.25, -0.2) is 0 Å². The molecule has 0 N–H and O–H groups in total. The van der Waals surface area contributed by atoms with E-state index in [2.05, 4.69) is 83.3 Å². The fraction of sp³-hybridized carbons (Fsp3) is 0.373. The first-order valence-corrected chi connectivity index (χ1v) is 21.1. The molecule has 53 heavy (non-hydrogen) atoms. The minimum absolute atomic E-state index is 0.686. The Morgan fingerprint density at radius 1 is 0.472 bits per heavy atom. The van der Waals surface area contributed by atoms with Crippen molar-refractivity contribution in [1.29, 1.82) is 0 Å². The van der Waals surface area contributed by atoms with Crippen molar-refractivity contribution in [3.8, 4) is 0 Å². The SMILES string of the molecule is c1ccc2c(c1)oc1cc3c4cc5cc6c(cc5cc4n4c5cc7cc8c(cc7cc5c(c12)c34)C1CC2CC3CC8CC23C1)C1CC2CC(CC6C2)C1. The van der Waals surface area contributed by atoms with E-state index in [-0.39, 0.29) is 0 Å². The third kappa shape index (κ3) is 3.01. The van der Waals surface area contributed by atoms with Gasteiger partial charge in [-0.3, -0.25) is 0 Å². The number of rotatable bonds is 0. The summed E-state index contributed by atoms with van der Waals surface area (Å²) in [7, 11) is 0. The number of fused-ring (bicyclic) bond motifs is 17. The predicted molar refractivity (Wildman–Crippen MR) is 217 cm³/mol. The quantitative estimate of drug-likeness (QED) is 0.156. The maximum Gasteiger partial charge on any atom is 0.136 e. The van der Waals surface area contributed by atoms with E-state index < -0.39 is 0 Å². The Labute approximate surface area is 307 Å². The minimum atomic E-state index is 0.686. The second-order valence-electron chi connectivity index (χ2n) is 19.8. The number of furan rings is 1. The molecule has 3 heterocycles. The normalized spacial score (nSPS) is 33.4. The minimum Gasteiger partial charge on any atom is -0.456 e. The zero-order chi connectivity index (χ0) is 33.6.